The van der Waals surface area contributed by atoms with Gasteiger partial charge in [0.1, 0.15) is 12.4 Å². The van der Waals surface area contributed by atoms with Crippen LogP contribution in [0.5, 0.6) is 5.75 Å². The zero-order valence-corrected chi connectivity index (χ0v) is 14.7. The zero-order chi connectivity index (χ0) is 16.4. The molecule has 1 aromatic rings. The lowest BCUT2D eigenvalue weighted by Gasteiger charge is -2.31. The van der Waals surface area contributed by atoms with Crippen LogP contribution in [0.2, 0.25) is 0 Å². The highest BCUT2D eigenvalue weighted by molar-refractivity contribution is 5.31. The second-order valence-corrected chi connectivity index (χ2v) is 6.01. The molecule has 2 N–H and O–H groups in total. The number of nitrogens with two attached hydrogens (primary N) is 1. The van der Waals surface area contributed by atoms with Gasteiger partial charge in [-0.2, -0.15) is 0 Å². The summed E-state index contributed by atoms with van der Waals surface area (Å²) >= 11 is 0. The molecule has 1 unspecified atom stereocenters. The summed E-state index contributed by atoms with van der Waals surface area (Å²) in [6.45, 7) is 8.87. The average Bonchev–Trinajstić information content (AvgIpc) is 2.48. The highest BCUT2D eigenvalue weighted by Gasteiger charge is 2.18. The third kappa shape index (κ3) is 6.34. The number of nitrogens with zero attached hydrogens (tertiary/aromatic N) is 2. The molecular formula is C18H33N3O. The maximum Gasteiger partial charge on any atom is 0.119 e. The van der Waals surface area contributed by atoms with Gasteiger partial charge in [0.25, 0.3) is 0 Å². The van der Waals surface area contributed by atoms with Crippen molar-refractivity contribution in [3.8, 4) is 5.75 Å². The molecule has 1 aromatic carbocycles. The molecule has 0 heterocycles. The van der Waals surface area contributed by atoms with E-state index in [1.807, 2.05) is 6.07 Å². The summed E-state index contributed by atoms with van der Waals surface area (Å²) in [5.41, 5.74) is 7.32. The van der Waals surface area contributed by atoms with E-state index >= 15 is 0 Å². The molecule has 4 nitrogen and oxygen atoms in total. The van der Waals surface area contributed by atoms with Crippen molar-refractivity contribution in [3.63, 3.8) is 0 Å². The first-order chi connectivity index (χ1) is 10.6. The minimum Gasteiger partial charge on any atom is -0.492 e. The Morgan fingerprint density at radius 3 is 2.32 bits per heavy atom. The largest absolute Gasteiger partial charge is 0.492 e. The number of hydrogen-bond donors (Lipinski definition) is 1. The molecule has 0 amide bonds. The summed E-state index contributed by atoms with van der Waals surface area (Å²) in [6.07, 6.45) is 2.30. The third-order valence-corrected chi connectivity index (χ3v) is 3.74. The molecule has 4 heteroatoms. The fourth-order valence-electron chi connectivity index (χ4n) is 2.65. The van der Waals surface area contributed by atoms with Gasteiger partial charge >= 0.3 is 0 Å². The topological polar surface area (TPSA) is 41.7 Å². The fourth-order valence-corrected chi connectivity index (χ4v) is 2.65. The van der Waals surface area contributed by atoms with Crippen LogP contribution in [0.4, 0.5) is 0 Å². The first kappa shape index (κ1) is 18.9. The van der Waals surface area contributed by atoms with Crippen LogP contribution in [0, 0.1) is 0 Å². The Bertz CT molecular complexity index is 403. The Morgan fingerprint density at radius 1 is 1.09 bits per heavy atom. The molecule has 0 spiro atoms. The molecule has 126 valence electrons. The maximum atomic E-state index is 6.07. The van der Waals surface area contributed by atoms with Crippen molar-refractivity contribution in [1.82, 2.24) is 9.80 Å². The van der Waals surface area contributed by atoms with Crippen LogP contribution < -0.4 is 10.5 Å². The molecule has 0 aliphatic carbocycles. The van der Waals surface area contributed by atoms with Gasteiger partial charge < -0.3 is 15.4 Å². The highest BCUT2D eigenvalue weighted by Crippen LogP contribution is 2.24. The smallest absolute Gasteiger partial charge is 0.119 e. The molecule has 0 aromatic heterocycles. The highest BCUT2D eigenvalue weighted by atomic mass is 16.5. The zero-order valence-electron chi connectivity index (χ0n) is 14.7. The molecule has 22 heavy (non-hydrogen) atoms. The Morgan fingerprint density at radius 2 is 1.77 bits per heavy atom. The van der Waals surface area contributed by atoms with E-state index in [0.717, 1.165) is 38.2 Å². The monoisotopic (exact) mass is 307 g/mol. The van der Waals surface area contributed by atoms with Gasteiger partial charge in [-0.25, -0.2) is 0 Å². The van der Waals surface area contributed by atoms with Crippen LogP contribution in [0.25, 0.3) is 0 Å². The molecule has 0 saturated heterocycles. The van der Waals surface area contributed by atoms with E-state index in [0.29, 0.717) is 13.2 Å². The number of hydrogen-bond acceptors (Lipinski definition) is 4. The second kappa shape index (κ2) is 10.6. The number of ether oxygens (including phenoxy) is 1. The van der Waals surface area contributed by atoms with E-state index in [9.17, 15) is 0 Å². The Balaban J connectivity index is 2.78. The lowest BCUT2D eigenvalue weighted by atomic mass is 10.0. The van der Waals surface area contributed by atoms with Crippen LogP contribution in [0.3, 0.4) is 0 Å². The number of benzene rings is 1. The Labute approximate surface area is 136 Å². The van der Waals surface area contributed by atoms with Crippen LogP contribution >= 0.6 is 0 Å². The molecule has 1 rings (SSSR count). The quantitative estimate of drug-likeness (QED) is 0.682. The van der Waals surface area contributed by atoms with Crippen molar-refractivity contribution < 1.29 is 4.74 Å². The Hall–Kier alpha value is -1.10. The van der Waals surface area contributed by atoms with E-state index in [4.69, 9.17) is 10.5 Å². The molecule has 0 fully saturated rings. The molecule has 0 bridgehead atoms. The van der Waals surface area contributed by atoms with Crippen LogP contribution in [-0.2, 0) is 0 Å². The molecule has 0 aliphatic heterocycles. The summed E-state index contributed by atoms with van der Waals surface area (Å²) < 4.78 is 5.85. The molecule has 0 aliphatic rings. The lowest BCUT2D eigenvalue weighted by molar-refractivity contribution is 0.201. The number of likely N-dealkylation sites (N-methyl/N-ethyl adjacent to an activating group) is 1. The first-order valence-electron chi connectivity index (χ1n) is 8.43. The van der Waals surface area contributed by atoms with E-state index in [1.54, 1.807) is 0 Å². The van der Waals surface area contributed by atoms with Gasteiger partial charge in [-0.05, 0) is 57.7 Å². The van der Waals surface area contributed by atoms with Crippen molar-refractivity contribution in [2.45, 2.75) is 32.7 Å². The van der Waals surface area contributed by atoms with Gasteiger partial charge in [0, 0.05) is 19.1 Å². The number of rotatable bonds is 11. The summed E-state index contributed by atoms with van der Waals surface area (Å²) in [4.78, 5) is 4.61. The van der Waals surface area contributed by atoms with Crippen molar-refractivity contribution in [3.05, 3.63) is 29.8 Å². The molecule has 0 radical (unpaired) electrons. The van der Waals surface area contributed by atoms with Crippen LogP contribution in [0.15, 0.2) is 24.3 Å². The summed E-state index contributed by atoms with van der Waals surface area (Å²) in [5, 5.41) is 0. The van der Waals surface area contributed by atoms with Gasteiger partial charge in [0.15, 0.2) is 0 Å². The summed E-state index contributed by atoms with van der Waals surface area (Å²) in [7, 11) is 4.11. The van der Waals surface area contributed by atoms with Crippen molar-refractivity contribution in [2.75, 3.05) is 46.9 Å². The summed E-state index contributed by atoms with van der Waals surface area (Å²) in [6, 6.07) is 8.67. The average molecular weight is 307 g/mol. The third-order valence-electron chi connectivity index (χ3n) is 3.74. The molecule has 1 atom stereocenters. The maximum absolute atomic E-state index is 6.07. The molecular weight excluding hydrogens is 274 g/mol. The first-order valence-corrected chi connectivity index (χ1v) is 8.43. The van der Waals surface area contributed by atoms with Crippen molar-refractivity contribution in [1.29, 1.82) is 0 Å². The SMILES string of the molecule is CCCN(CCC)C(CN)c1cccc(OCCN(C)C)c1. The summed E-state index contributed by atoms with van der Waals surface area (Å²) in [5.74, 6) is 0.936. The van der Waals surface area contributed by atoms with Crippen molar-refractivity contribution in [2.24, 2.45) is 5.73 Å². The predicted molar refractivity (Wildman–Crippen MR) is 94.4 cm³/mol. The lowest BCUT2D eigenvalue weighted by Crippen LogP contribution is -2.35. The second-order valence-electron chi connectivity index (χ2n) is 6.01. The van der Waals surface area contributed by atoms with Gasteiger partial charge in [-0.3, -0.25) is 4.90 Å². The molecule has 0 saturated carbocycles. The van der Waals surface area contributed by atoms with E-state index in [2.05, 4.69) is 55.9 Å². The van der Waals surface area contributed by atoms with Gasteiger partial charge in [0.2, 0.25) is 0 Å². The van der Waals surface area contributed by atoms with E-state index in [-0.39, 0.29) is 6.04 Å². The van der Waals surface area contributed by atoms with Crippen molar-refractivity contribution >= 4 is 0 Å². The minimum absolute atomic E-state index is 0.275. The minimum atomic E-state index is 0.275. The normalized spacial score (nSPS) is 12.9. The standard InChI is InChI=1S/C18H33N3O/c1-5-10-21(11-6-2)18(15-19)16-8-7-9-17(14-16)22-13-12-20(3)4/h7-9,14,18H,5-6,10-13,15,19H2,1-4H3. The van der Waals surface area contributed by atoms with E-state index < -0.39 is 0 Å². The van der Waals surface area contributed by atoms with Gasteiger partial charge in [0.05, 0.1) is 0 Å². The van der Waals surface area contributed by atoms with Crippen LogP contribution in [0.1, 0.15) is 38.3 Å². The van der Waals surface area contributed by atoms with E-state index in [1.165, 1.54) is 5.56 Å². The Kier molecular flexibility index (Phi) is 9.13. The predicted octanol–water partition coefficient (Wildman–Crippen LogP) is 2.75. The van der Waals surface area contributed by atoms with Gasteiger partial charge in [-0.15, -0.1) is 0 Å². The van der Waals surface area contributed by atoms with Gasteiger partial charge in [-0.1, -0.05) is 26.0 Å². The fraction of sp³-hybridized carbons (Fsp3) is 0.667. The van der Waals surface area contributed by atoms with Crippen LogP contribution in [-0.4, -0.2) is 56.7 Å².